The van der Waals surface area contributed by atoms with Crippen molar-refractivity contribution in [2.75, 3.05) is 12.1 Å². The molecular formula is C23H19N3OS. The van der Waals surface area contributed by atoms with Crippen LogP contribution in [0.2, 0.25) is 0 Å². The fourth-order valence-electron chi connectivity index (χ4n) is 2.61. The molecule has 3 aromatic carbocycles. The minimum atomic E-state index is 0.801. The van der Waals surface area contributed by atoms with Crippen LogP contribution in [0.1, 0.15) is 5.56 Å². The van der Waals surface area contributed by atoms with E-state index in [9.17, 15) is 0 Å². The zero-order chi connectivity index (χ0) is 19.2. The van der Waals surface area contributed by atoms with Gasteiger partial charge in [0.15, 0.2) is 0 Å². The predicted molar refractivity (Wildman–Crippen MR) is 117 cm³/mol. The number of benzene rings is 3. The molecule has 0 saturated heterocycles. The first-order valence-electron chi connectivity index (χ1n) is 8.89. The van der Waals surface area contributed by atoms with Gasteiger partial charge in [0.2, 0.25) is 5.13 Å². The summed E-state index contributed by atoms with van der Waals surface area (Å²) < 4.78 is 5.84. The Kier molecular flexibility index (Phi) is 5.45. The molecule has 0 unspecified atom stereocenters. The summed E-state index contributed by atoms with van der Waals surface area (Å²) in [7, 11) is 1.90. The molecule has 0 N–H and O–H groups in total. The van der Waals surface area contributed by atoms with Crippen LogP contribution in [0.15, 0.2) is 95.4 Å². The molecule has 138 valence electrons. The van der Waals surface area contributed by atoms with Gasteiger partial charge in [-0.15, -0.1) is 11.3 Å². The molecule has 0 bridgehead atoms. The van der Waals surface area contributed by atoms with Crippen LogP contribution in [0.25, 0.3) is 11.3 Å². The summed E-state index contributed by atoms with van der Waals surface area (Å²) >= 11 is 1.56. The summed E-state index contributed by atoms with van der Waals surface area (Å²) in [6.45, 7) is 0. The molecule has 0 amide bonds. The van der Waals surface area contributed by atoms with Crippen molar-refractivity contribution in [1.82, 2.24) is 4.98 Å². The Morgan fingerprint density at radius 1 is 0.857 bits per heavy atom. The highest BCUT2D eigenvalue weighted by Crippen LogP contribution is 2.29. The minimum absolute atomic E-state index is 0.801. The number of thiazole rings is 1. The van der Waals surface area contributed by atoms with Crippen molar-refractivity contribution >= 4 is 22.7 Å². The normalized spacial score (nSPS) is 10.9. The maximum Gasteiger partial charge on any atom is 0.206 e. The smallest absolute Gasteiger partial charge is 0.206 e. The lowest BCUT2D eigenvalue weighted by Crippen LogP contribution is -2.08. The molecule has 0 radical (unpaired) electrons. The zero-order valence-electron chi connectivity index (χ0n) is 15.4. The lowest BCUT2D eigenvalue weighted by molar-refractivity contribution is 0.483. The molecule has 0 aliphatic heterocycles. The van der Waals surface area contributed by atoms with E-state index in [2.05, 4.69) is 5.10 Å². The van der Waals surface area contributed by atoms with Crippen molar-refractivity contribution in [2.24, 2.45) is 5.10 Å². The topological polar surface area (TPSA) is 37.7 Å². The largest absolute Gasteiger partial charge is 0.457 e. The molecule has 0 fully saturated rings. The number of hydrogen-bond acceptors (Lipinski definition) is 5. The van der Waals surface area contributed by atoms with Gasteiger partial charge < -0.3 is 4.74 Å². The Hall–Kier alpha value is -3.44. The van der Waals surface area contributed by atoms with Gasteiger partial charge >= 0.3 is 0 Å². The van der Waals surface area contributed by atoms with Crippen LogP contribution in [0.3, 0.4) is 0 Å². The minimum Gasteiger partial charge on any atom is -0.457 e. The van der Waals surface area contributed by atoms with Crippen LogP contribution < -0.4 is 9.75 Å². The number of ether oxygens (including phenoxy) is 1. The van der Waals surface area contributed by atoms with Crippen molar-refractivity contribution in [3.8, 4) is 22.8 Å². The van der Waals surface area contributed by atoms with Gasteiger partial charge in [0.25, 0.3) is 0 Å². The first-order chi connectivity index (χ1) is 13.8. The van der Waals surface area contributed by atoms with Crippen molar-refractivity contribution in [1.29, 1.82) is 0 Å². The highest BCUT2D eigenvalue weighted by molar-refractivity contribution is 7.14. The average Bonchev–Trinajstić information content (AvgIpc) is 3.24. The molecule has 0 atom stereocenters. The molecule has 0 aliphatic rings. The van der Waals surface area contributed by atoms with Gasteiger partial charge in [-0.25, -0.2) is 9.99 Å². The van der Waals surface area contributed by atoms with Crippen LogP contribution in [0.5, 0.6) is 11.5 Å². The lowest BCUT2D eigenvalue weighted by atomic mass is 10.2. The maximum atomic E-state index is 5.84. The second-order valence-corrected chi connectivity index (χ2v) is 6.97. The van der Waals surface area contributed by atoms with Crippen LogP contribution in [0.4, 0.5) is 5.13 Å². The Balaban J connectivity index is 1.44. The molecule has 4 aromatic rings. The van der Waals surface area contributed by atoms with E-state index in [4.69, 9.17) is 9.72 Å². The molecule has 1 heterocycles. The Morgan fingerprint density at radius 2 is 1.50 bits per heavy atom. The van der Waals surface area contributed by atoms with Gasteiger partial charge in [0, 0.05) is 18.0 Å². The summed E-state index contributed by atoms with van der Waals surface area (Å²) in [6.07, 6.45) is 1.83. The monoisotopic (exact) mass is 385 g/mol. The van der Waals surface area contributed by atoms with E-state index in [0.29, 0.717) is 0 Å². The summed E-state index contributed by atoms with van der Waals surface area (Å²) in [5.74, 6) is 1.62. The molecule has 0 spiro atoms. The van der Waals surface area contributed by atoms with Crippen molar-refractivity contribution in [3.05, 3.63) is 95.9 Å². The molecule has 28 heavy (non-hydrogen) atoms. The Bertz CT molecular complexity index is 1040. The van der Waals surface area contributed by atoms with Crippen molar-refractivity contribution < 1.29 is 4.74 Å². The summed E-state index contributed by atoms with van der Waals surface area (Å²) in [5, 5.41) is 9.13. The van der Waals surface area contributed by atoms with E-state index in [1.165, 1.54) is 0 Å². The highest BCUT2D eigenvalue weighted by Gasteiger charge is 2.08. The second kappa shape index (κ2) is 8.50. The molecular weight excluding hydrogens is 366 g/mol. The SMILES string of the molecule is CN(/N=C\c1ccccc1)c1nc(-c2ccc(Oc3ccccc3)cc2)cs1. The lowest BCUT2D eigenvalue weighted by Gasteiger charge is -2.08. The van der Waals surface area contributed by atoms with E-state index in [1.807, 2.05) is 104 Å². The standard InChI is InChI=1S/C23H19N3OS/c1-26(24-16-18-8-4-2-5-9-18)23-25-22(17-28-23)19-12-14-21(15-13-19)27-20-10-6-3-7-11-20/h2-17H,1H3/b24-16-. The molecule has 4 rings (SSSR count). The Labute approximate surface area is 168 Å². The number of anilines is 1. The number of hydrazone groups is 1. The number of aromatic nitrogens is 1. The number of rotatable bonds is 6. The molecule has 1 aromatic heterocycles. The first kappa shape index (κ1) is 17.9. The third kappa shape index (κ3) is 4.45. The summed E-state index contributed by atoms with van der Waals surface area (Å²) in [5.41, 5.74) is 3.02. The zero-order valence-corrected chi connectivity index (χ0v) is 16.2. The van der Waals surface area contributed by atoms with Crippen molar-refractivity contribution in [3.63, 3.8) is 0 Å². The van der Waals surface area contributed by atoms with Gasteiger partial charge in [0.1, 0.15) is 11.5 Å². The summed E-state index contributed by atoms with van der Waals surface area (Å²) in [4.78, 5) is 4.70. The van der Waals surface area contributed by atoms with E-state index < -0.39 is 0 Å². The molecule has 0 aliphatic carbocycles. The highest BCUT2D eigenvalue weighted by atomic mass is 32.1. The quantitative estimate of drug-likeness (QED) is 0.298. The van der Waals surface area contributed by atoms with Gasteiger partial charge in [-0.1, -0.05) is 48.5 Å². The predicted octanol–water partition coefficient (Wildman–Crippen LogP) is 6.07. The van der Waals surface area contributed by atoms with Crippen LogP contribution >= 0.6 is 11.3 Å². The van der Waals surface area contributed by atoms with Gasteiger partial charge in [-0.3, -0.25) is 0 Å². The van der Waals surface area contributed by atoms with Gasteiger partial charge in [-0.2, -0.15) is 5.10 Å². The van der Waals surface area contributed by atoms with Gasteiger partial charge in [0.05, 0.1) is 11.9 Å². The third-order valence-electron chi connectivity index (χ3n) is 4.08. The maximum absolute atomic E-state index is 5.84. The van der Waals surface area contributed by atoms with Crippen molar-refractivity contribution in [2.45, 2.75) is 0 Å². The third-order valence-corrected chi connectivity index (χ3v) is 4.98. The van der Waals surface area contributed by atoms with Crippen LogP contribution in [0, 0.1) is 0 Å². The summed E-state index contributed by atoms with van der Waals surface area (Å²) in [6, 6.07) is 27.7. The average molecular weight is 385 g/mol. The van der Waals surface area contributed by atoms with Gasteiger partial charge in [-0.05, 0) is 42.0 Å². The van der Waals surface area contributed by atoms with E-state index in [0.717, 1.165) is 33.5 Å². The first-order valence-corrected chi connectivity index (χ1v) is 9.77. The van der Waals surface area contributed by atoms with E-state index in [1.54, 1.807) is 16.3 Å². The molecule has 5 heteroatoms. The number of nitrogens with zero attached hydrogens (tertiary/aromatic N) is 3. The van der Waals surface area contributed by atoms with E-state index >= 15 is 0 Å². The molecule has 0 saturated carbocycles. The van der Waals surface area contributed by atoms with Crippen LogP contribution in [-0.4, -0.2) is 18.2 Å². The molecule has 4 nitrogen and oxygen atoms in total. The fraction of sp³-hybridized carbons (Fsp3) is 0.0435. The number of hydrogen-bond donors (Lipinski definition) is 0. The fourth-order valence-corrected chi connectivity index (χ4v) is 3.36. The Morgan fingerprint density at radius 3 is 2.21 bits per heavy atom. The van der Waals surface area contributed by atoms with E-state index in [-0.39, 0.29) is 0 Å². The second-order valence-electron chi connectivity index (χ2n) is 6.13. The number of para-hydroxylation sites is 1. The van der Waals surface area contributed by atoms with Crippen LogP contribution in [-0.2, 0) is 0 Å².